The molecule has 126 valence electrons. The Morgan fingerprint density at radius 1 is 1.04 bits per heavy atom. The van der Waals surface area contributed by atoms with E-state index in [9.17, 15) is 5.11 Å². The van der Waals surface area contributed by atoms with Gasteiger partial charge in [0, 0.05) is 16.5 Å². The smallest absolute Gasteiger partial charge is 0.231 e. The van der Waals surface area contributed by atoms with Crippen molar-refractivity contribution in [2.45, 2.75) is 6.54 Å². The SMILES string of the molecule is COc1c(O)ccc2c1C[NH+](C)c1c-2ccc2cc3c(cc12)OCO3. The van der Waals surface area contributed by atoms with E-state index in [0.29, 0.717) is 5.75 Å². The Morgan fingerprint density at radius 2 is 1.80 bits per heavy atom. The molecule has 3 aromatic carbocycles. The second kappa shape index (κ2) is 5.04. The van der Waals surface area contributed by atoms with E-state index < -0.39 is 0 Å². The number of hydrogen-bond donors (Lipinski definition) is 2. The van der Waals surface area contributed by atoms with Crippen LogP contribution in [0.15, 0.2) is 36.4 Å². The van der Waals surface area contributed by atoms with Crippen molar-refractivity contribution in [3.8, 4) is 34.1 Å². The number of phenolic OH excluding ortho intramolecular Hbond substituents is 1. The van der Waals surface area contributed by atoms with Gasteiger partial charge in [0.05, 0.1) is 19.7 Å². The molecule has 0 saturated heterocycles. The van der Waals surface area contributed by atoms with Gasteiger partial charge in [-0.2, -0.15) is 0 Å². The van der Waals surface area contributed by atoms with E-state index >= 15 is 0 Å². The van der Waals surface area contributed by atoms with E-state index in [4.69, 9.17) is 14.2 Å². The van der Waals surface area contributed by atoms with E-state index in [2.05, 4.69) is 25.2 Å². The number of aromatic hydroxyl groups is 1. The van der Waals surface area contributed by atoms with Crippen LogP contribution in [0, 0.1) is 0 Å². The Labute approximate surface area is 145 Å². The first-order valence-electron chi connectivity index (χ1n) is 8.25. The van der Waals surface area contributed by atoms with Gasteiger partial charge in [-0.25, -0.2) is 0 Å². The summed E-state index contributed by atoms with van der Waals surface area (Å²) in [5.74, 6) is 2.34. The molecule has 0 spiro atoms. The predicted molar refractivity (Wildman–Crippen MR) is 94.0 cm³/mol. The van der Waals surface area contributed by atoms with Crippen LogP contribution in [-0.2, 0) is 6.54 Å². The summed E-state index contributed by atoms with van der Waals surface area (Å²) in [5.41, 5.74) is 4.53. The minimum absolute atomic E-state index is 0.182. The number of hydrogen-bond acceptors (Lipinski definition) is 4. The van der Waals surface area contributed by atoms with E-state index in [1.807, 2.05) is 12.1 Å². The minimum atomic E-state index is 0.182. The summed E-state index contributed by atoms with van der Waals surface area (Å²) in [4.78, 5) is 1.25. The first-order valence-corrected chi connectivity index (χ1v) is 8.25. The first kappa shape index (κ1) is 14.4. The maximum Gasteiger partial charge on any atom is 0.231 e. The fourth-order valence-electron chi connectivity index (χ4n) is 4.02. The van der Waals surface area contributed by atoms with Gasteiger partial charge in [-0.1, -0.05) is 6.07 Å². The quantitative estimate of drug-likeness (QED) is 0.717. The zero-order valence-electron chi connectivity index (χ0n) is 14.1. The van der Waals surface area contributed by atoms with Crippen LogP contribution >= 0.6 is 0 Å². The third-order valence-electron chi connectivity index (χ3n) is 5.12. The van der Waals surface area contributed by atoms with Gasteiger partial charge >= 0.3 is 0 Å². The van der Waals surface area contributed by atoms with E-state index in [1.54, 1.807) is 13.2 Å². The molecule has 0 saturated carbocycles. The highest BCUT2D eigenvalue weighted by molar-refractivity contribution is 6.01. The van der Waals surface area contributed by atoms with Gasteiger partial charge in [0.1, 0.15) is 12.2 Å². The Kier molecular flexibility index (Phi) is 2.91. The van der Waals surface area contributed by atoms with E-state index in [0.717, 1.165) is 45.5 Å². The van der Waals surface area contributed by atoms with Crippen LogP contribution in [0.2, 0.25) is 0 Å². The van der Waals surface area contributed by atoms with Crippen LogP contribution < -0.4 is 19.1 Å². The number of quaternary nitrogens is 1. The second-order valence-corrected chi connectivity index (χ2v) is 6.52. The van der Waals surface area contributed by atoms with Crippen LogP contribution in [0.3, 0.4) is 0 Å². The van der Waals surface area contributed by atoms with Gasteiger partial charge in [-0.05, 0) is 35.7 Å². The lowest BCUT2D eigenvalue weighted by molar-refractivity contribution is -0.824. The Hall–Kier alpha value is -2.92. The average molecular weight is 336 g/mol. The maximum absolute atomic E-state index is 10.1. The average Bonchev–Trinajstić information content (AvgIpc) is 3.06. The highest BCUT2D eigenvalue weighted by Crippen LogP contribution is 2.45. The van der Waals surface area contributed by atoms with Crippen LogP contribution in [0.4, 0.5) is 5.69 Å². The van der Waals surface area contributed by atoms with Crippen molar-refractivity contribution in [1.29, 1.82) is 0 Å². The zero-order chi connectivity index (χ0) is 17.1. The minimum Gasteiger partial charge on any atom is -0.504 e. The molecular weight excluding hydrogens is 318 g/mol. The summed E-state index contributed by atoms with van der Waals surface area (Å²) in [5, 5.41) is 12.4. The number of methoxy groups -OCH3 is 1. The third-order valence-corrected chi connectivity index (χ3v) is 5.12. The van der Waals surface area contributed by atoms with Crippen molar-refractivity contribution in [2.75, 3.05) is 21.0 Å². The molecule has 2 heterocycles. The molecule has 0 aromatic heterocycles. The van der Waals surface area contributed by atoms with Crippen molar-refractivity contribution in [3.63, 3.8) is 0 Å². The molecule has 0 amide bonds. The molecule has 0 radical (unpaired) electrons. The van der Waals surface area contributed by atoms with Crippen molar-refractivity contribution in [1.82, 2.24) is 0 Å². The van der Waals surface area contributed by atoms with Gasteiger partial charge in [-0.3, -0.25) is 4.90 Å². The highest BCUT2D eigenvalue weighted by atomic mass is 16.7. The van der Waals surface area contributed by atoms with Crippen molar-refractivity contribution in [2.24, 2.45) is 0 Å². The number of benzene rings is 3. The molecular formula is C20H18NO4+. The van der Waals surface area contributed by atoms with Gasteiger partial charge in [0.25, 0.3) is 0 Å². The Morgan fingerprint density at radius 3 is 2.60 bits per heavy atom. The topological polar surface area (TPSA) is 52.4 Å². The molecule has 1 atom stereocenters. The van der Waals surface area contributed by atoms with E-state index in [-0.39, 0.29) is 12.5 Å². The molecule has 2 N–H and O–H groups in total. The standard InChI is InChI=1S/C20H17NO4/c1-21-9-15-12(5-6-16(22)20(15)23-2)13-4-3-11-7-17-18(25-10-24-17)8-14(11)19(13)21/h3-8,22H,9-10H2,1-2H3/p+1. The number of fused-ring (bicyclic) bond motifs is 6. The molecule has 0 fully saturated rings. The van der Waals surface area contributed by atoms with Gasteiger partial charge in [0.2, 0.25) is 6.79 Å². The molecule has 1 unspecified atom stereocenters. The Balaban J connectivity index is 1.82. The van der Waals surface area contributed by atoms with Crippen molar-refractivity contribution < 1.29 is 24.2 Å². The molecule has 5 nitrogen and oxygen atoms in total. The molecule has 0 aliphatic carbocycles. The van der Waals surface area contributed by atoms with Crippen LogP contribution in [0.5, 0.6) is 23.0 Å². The normalized spacial score (nSPS) is 17.3. The van der Waals surface area contributed by atoms with Crippen LogP contribution in [0.25, 0.3) is 21.9 Å². The molecule has 3 aromatic rings. The predicted octanol–water partition coefficient (Wildman–Crippen LogP) is 2.61. The summed E-state index contributed by atoms with van der Waals surface area (Å²) in [6.45, 7) is 1.02. The molecule has 5 rings (SSSR count). The summed E-state index contributed by atoms with van der Waals surface area (Å²) in [6, 6.07) is 12.0. The molecule has 25 heavy (non-hydrogen) atoms. The molecule has 2 aliphatic rings. The van der Waals surface area contributed by atoms with Gasteiger partial charge in [0.15, 0.2) is 23.0 Å². The number of ether oxygens (including phenoxy) is 3. The lowest BCUT2D eigenvalue weighted by Crippen LogP contribution is -3.03. The highest BCUT2D eigenvalue weighted by Gasteiger charge is 2.30. The van der Waals surface area contributed by atoms with Crippen LogP contribution in [-0.4, -0.2) is 26.1 Å². The summed E-state index contributed by atoms with van der Waals surface area (Å²) in [7, 11) is 3.73. The number of phenols is 1. The zero-order valence-corrected chi connectivity index (χ0v) is 14.1. The lowest BCUT2D eigenvalue weighted by atomic mass is 9.90. The molecule has 5 heteroatoms. The van der Waals surface area contributed by atoms with E-state index in [1.165, 1.54) is 10.6 Å². The van der Waals surface area contributed by atoms with Crippen molar-refractivity contribution >= 4 is 16.5 Å². The van der Waals surface area contributed by atoms with Crippen LogP contribution in [0.1, 0.15) is 5.56 Å². The fourth-order valence-corrected chi connectivity index (χ4v) is 4.02. The Bertz CT molecular complexity index is 1030. The first-order chi connectivity index (χ1) is 12.2. The summed E-state index contributed by atoms with van der Waals surface area (Å²) < 4.78 is 16.5. The monoisotopic (exact) mass is 336 g/mol. The number of nitrogens with one attached hydrogen (secondary N) is 1. The third kappa shape index (κ3) is 1.93. The van der Waals surface area contributed by atoms with Crippen molar-refractivity contribution in [3.05, 3.63) is 42.0 Å². The summed E-state index contributed by atoms with van der Waals surface area (Å²) in [6.07, 6.45) is 0. The number of rotatable bonds is 1. The fraction of sp³-hybridized carbons (Fsp3) is 0.200. The largest absolute Gasteiger partial charge is 0.504 e. The second-order valence-electron chi connectivity index (χ2n) is 6.52. The van der Waals surface area contributed by atoms with Gasteiger partial charge in [-0.15, -0.1) is 0 Å². The lowest BCUT2D eigenvalue weighted by Gasteiger charge is -2.27. The molecule has 2 aliphatic heterocycles. The van der Waals surface area contributed by atoms with Gasteiger partial charge < -0.3 is 19.3 Å². The molecule has 0 bridgehead atoms. The summed E-state index contributed by atoms with van der Waals surface area (Å²) >= 11 is 0. The maximum atomic E-state index is 10.1.